The van der Waals surface area contributed by atoms with Crippen LogP contribution in [-0.4, -0.2) is 9.97 Å². The van der Waals surface area contributed by atoms with E-state index in [2.05, 4.69) is 9.97 Å². The molecule has 1 saturated carbocycles. The summed E-state index contributed by atoms with van der Waals surface area (Å²) in [4.78, 5) is 18.0. The van der Waals surface area contributed by atoms with E-state index in [0.29, 0.717) is 5.92 Å². The predicted octanol–water partition coefficient (Wildman–Crippen LogP) is 2.72. The van der Waals surface area contributed by atoms with Crippen LogP contribution >= 0.6 is 0 Å². The first-order chi connectivity index (χ1) is 8.25. The maximum Gasteiger partial charge on any atom is 0.345 e. The quantitative estimate of drug-likeness (QED) is 0.821. The number of hydrogen-bond acceptors (Lipinski definition) is 2. The van der Waals surface area contributed by atoms with Crippen LogP contribution in [0.5, 0.6) is 0 Å². The van der Waals surface area contributed by atoms with Crippen LogP contribution in [0.3, 0.4) is 0 Å². The standard InChI is InChI=1S/C13H13FN2O/c14-10-7-3-6-9-11(8-4-1-2-5-8)15-13(17)16-12(9)10/h3,6-8H,1-2,4-5H2,(H,15,16,17). The van der Waals surface area contributed by atoms with Crippen molar-refractivity contribution >= 4 is 10.9 Å². The Morgan fingerprint density at radius 2 is 2.06 bits per heavy atom. The van der Waals surface area contributed by atoms with Gasteiger partial charge in [0.25, 0.3) is 0 Å². The van der Waals surface area contributed by atoms with Crippen molar-refractivity contribution in [3.8, 4) is 0 Å². The van der Waals surface area contributed by atoms with Gasteiger partial charge in [0, 0.05) is 11.1 Å². The molecule has 4 heteroatoms. The van der Waals surface area contributed by atoms with Crippen molar-refractivity contribution in [2.24, 2.45) is 0 Å². The summed E-state index contributed by atoms with van der Waals surface area (Å²) in [6.07, 6.45) is 4.47. The third-order valence-corrected chi connectivity index (χ3v) is 3.50. The lowest BCUT2D eigenvalue weighted by Gasteiger charge is -2.11. The molecule has 0 saturated heterocycles. The normalized spacial score (nSPS) is 16.8. The average molecular weight is 232 g/mol. The highest BCUT2D eigenvalue weighted by Crippen LogP contribution is 2.35. The second kappa shape index (κ2) is 3.95. The maximum absolute atomic E-state index is 13.6. The van der Waals surface area contributed by atoms with E-state index in [-0.39, 0.29) is 5.52 Å². The fourth-order valence-corrected chi connectivity index (χ4v) is 2.69. The highest BCUT2D eigenvalue weighted by atomic mass is 19.1. The maximum atomic E-state index is 13.6. The number of halogens is 1. The molecule has 3 rings (SSSR count). The molecule has 1 aromatic carbocycles. The van der Waals surface area contributed by atoms with Gasteiger partial charge in [0.15, 0.2) is 0 Å². The Labute approximate surface area is 97.7 Å². The first-order valence-corrected chi connectivity index (χ1v) is 5.94. The molecule has 1 fully saturated rings. The van der Waals surface area contributed by atoms with E-state index in [9.17, 15) is 9.18 Å². The first-order valence-electron chi connectivity index (χ1n) is 5.94. The smallest absolute Gasteiger partial charge is 0.309 e. The number of aromatic nitrogens is 2. The SMILES string of the molecule is O=c1nc2c(F)cccc2c(C2CCCC2)[nH]1. The zero-order chi connectivity index (χ0) is 11.8. The van der Waals surface area contributed by atoms with Crippen molar-refractivity contribution in [3.05, 3.63) is 40.2 Å². The van der Waals surface area contributed by atoms with E-state index in [0.717, 1.165) is 23.9 Å². The summed E-state index contributed by atoms with van der Waals surface area (Å²) in [5, 5.41) is 0.747. The zero-order valence-corrected chi connectivity index (χ0v) is 9.37. The molecule has 1 aliphatic rings. The van der Waals surface area contributed by atoms with Gasteiger partial charge >= 0.3 is 5.69 Å². The Hall–Kier alpha value is -1.71. The zero-order valence-electron chi connectivity index (χ0n) is 9.37. The van der Waals surface area contributed by atoms with Crippen molar-refractivity contribution in [2.75, 3.05) is 0 Å². The summed E-state index contributed by atoms with van der Waals surface area (Å²) in [6, 6.07) is 4.83. The van der Waals surface area contributed by atoms with E-state index < -0.39 is 11.5 Å². The number of benzene rings is 1. The van der Waals surface area contributed by atoms with Gasteiger partial charge in [-0.15, -0.1) is 0 Å². The molecule has 2 aromatic rings. The molecule has 88 valence electrons. The molecular weight excluding hydrogens is 219 g/mol. The highest BCUT2D eigenvalue weighted by molar-refractivity contribution is 5.81. The summed E-state index contributed by atoms with van der Waals surface area (Å²) < 4.78 is 13.6. The van der Waals surface area contributed by atoms with Gasteiger partial charge in [0.2, 0.25) is 0 Å². The highest BCUT2D eigenvalue weighted by Gasteiger charge is 2.21. The van der Waals surface area contributed by atoms with E-state index in [4.69, 9.17) is 0 Å². The Kier molecular flexibility index (Phi) is 2.42. The largest absolute Gasteiger partial charge is 0.345 e. The van der Waals surface area contributed by atoms with Crippen LogP contribution in [-0.2, 0) is 0 Å². The molecule has 0 bridgehead atoms. The molecule has 17 heavy (non-hydrogen) atoms. The van der Waals surface area contributed by atoms with Crippen molar-refractivity contribution in [1.82, 2.24) is 9.97 Å². The fourth-order valence-electron chi connectivity index (χ4n) is 2.69. The van der Waals surface area contributed by atoms with Crippen molar-refractivity contribution in [2.45, 2.75) is 31.6 Å². The summed E-state index contributed by atoms with van der Waals surface area (Å²) in [6.45, 7) is 0. The van der Waals surface area contributed by atoms with Gasteiger partial charge in [0.05, 0.1) is 0 Å². The number of nitrogens with one attached hydrogen (secondary N) is 1. The van der Waals surface area contributed by atoms with Gasteiger partial charge in [-0.25, -0.2) is 9.18 Å². The van der Waals surface area contributed by atoms with Crippen molar-refractivity contribution in [1.29, 1.82) is 0 Å². The average Bonchev–Trinajstić information content (AvgIpc) is 2.83. The van der Waals surface area contributed by atoms with Crippen LogP contribution < -0.4 is 5.69 Å². The van der Waals surface area contributed by atoms with Gasteiger partial charge in [0.1, 0.15) is 11.3 Å². The first kappa shape index (κ1) is 10.4. The number of H-pyrrole nitrogens is 1. The molecule has 3 nitrogen and oxygen atoms in total. The number of hydrogen-bond donors (Lipinski definition) is 1. The van der Waals surface area contributed by atoms with Crippen LogP contribution in [0.25, 0.3) is 10.9 Å². The van der Waals surface area contributed by atoms with Crippen LogP contribution in [0.4, 0.5) is 4.39 Å². The lowest BCUT2D eigenvalue weighted by Crippen LogP contribution is -2.15. The minimum Gasteiger partial charge on any atom is -0.309 e. The molecule has 1 heterocycles. The number of para-hydroxylation sites is 1. The summed E-state index contributed by atoms with van der Waals surface area (Å²) in [7, 11) is 0. The second-order valence-corrected chi connectivity index (χ2v) is 4.57. The third-order valence-electron chi connectivity index (χ3n) is 3.50. The van der Waals surface area contributed by atoms with Gasteiger partial charge in [-0.3, -0.25) is 0 Å². The summed E-state index contributed by atoms with van der Waals surface area (Å²) >= 11 is 0. The molecule has 0 spiro atoms. The number of rotatable bonds is 1. The van der Waals surface area contributed by atoms with Gasteiger partial charge < -0.3 is 4.98 Å². The summed E-state index contributed by atoms with van der Waals surface area (Å²) in [5.74, 6) is -0.0807. The lowest BCUT2D eigenvalue weighted by molar-refractivity contribution is 0.634. The number of fused-ring (bicyclic) bond motifs is 1. The van der Waals surface area contributed by atoms with E-state index >= 15 is 0 Å². The topological polar surface area (TPSA) is 45.8 Å². The van der Waals surface area contributed by atoms with Crippen molar-refractivity contribution in [3.63, 3.8) is 0 Å². The van der Waals surface area contributed by atoms with Gasteiger partial charge in [-0.1, -0.05) is 25.0 Å². The van der Waals surface area contributed by atoms with Crippen LogP contribution in [0, 0.1) is 5.82 Å². The monoisotopic (exact) mass is 232 g/mol. The van der Waals surface area contributed by atoms with Crippen LogP contribution in [0.15, 0.2) is 23.0 Å². The number of nitrogens with zero attached hydrogens (tertiary/aromatic N) is 1. The molecule has 1 aromatic heterocycles. The van der Waals surface area contributed by atoms with Crippen LogP contribution in [0.2, 0.25) is 0 Å². The van der Waals surface area contributed by atoms with Gasteiger partial charge in [-0.2, -0.15) is 4.98 Å². The minimum atomic E-state index is -0.454. The van der Waals surface area contributed by atoms with E-state index in [1.54, 1.807) is 6.07 Å². The van der Waals surface area contributed by atoms with E-state index in [1.807, 2.05) is 6.07 Å². The van der Waals surface area contributed by atoms with Crippen LogP contribution in [0.1, 0.15) is 37.3 Å². The molecular formula is C13H13FN2O. The molecule has 0 aliphatic heterocycles. The Morgan fingerprint density at radius 3 is 2.82 bits per heavy atom. The Bertz CT molecular complexity index is 614. The lowest BCUT2D eigenvalue weighted by atomic mass is 9.99. The molecule has 0 amide bonds. The summed E-state index contributed by atoms with van der Waals surface area (Å²) in [5.41, 5.74) is 0.597. The molecule has 1 N–H and O–H groups in total. The fraction of sp³-hybridized carbons (Fsp3) is 0.385. The molecule has 0 atom stereocenters. The molecule has 1 aliphatic carbocycles. The van der Waals surface area contributed by atoms with Gasteiger partial charge in [-0.05, 0) is 24.8 Å². The van der Waals surface area contributed by atoms with E-state index in [1.165, 1.54) is 18.9 Å². The Morgan fingerprint density at radius 1 is 1.29 bits per heavy atom. The molecule has 0 radical (unpaired) electrons. The molecule has 0 unspecified atom stereocenters. The second-order valence-electron chi connectivity index (χ2n) is 4.57. The Balaban J connectivity index is 2.29. The minimum absolute atomic E-state index is 0.193. The number of aromatic amines is 1. The third kappa shape index (κ3) is 1.73. The van der Waals surface area contributed by atoms with Crippen molar-refractivity contribution < 1.29 is 4.39 Å². The predicted molar refractivity (Wildman–Crippen MR) is 63.5 cm³/mol.